The summed E-state index contributed by atoms with van der Waals surface area (Å²) in [4.78, 5) is 0. The Morgan fingerprint density at radius 3 is 2.51 bits per heavy atom. The molecule has 1 aromatic carbocycles. The molecule has 220 valence electrons. The summed E-state index contributed by atoms with van der Waals surface area (Å²) in [6.45, 7) is 6.25. The quantitative estimate of drug-likeness (QED) is 0.124. The number of unbranched alkanes of at least 4 members (excludes halogenated alkanes) is 1. The number of rotatable bonds is 9. The van der Waals surface area contributed by atoms with Crippen LogP contribution in [0.15, 0.2) is 30.9 Å². The lowest BCUT2D eigenvalue weighted by Crippen LogP contribution is -2.54. The second-order valence-corrected chi connectivity index (χ2v) is 13.0. The third-order valence-corrected chi connectivity index (χ3v) is 10.2. The van der Waals surface area contributed by atoms with Crippen LogP contribution in [0.5, 0.6) is 0 Å². The molecule has 0 bridgehead atoms. The fourth-order valence-corrected chi connectivity index (χ4v) is 8.46. The predicted octanol–water partition coefficient (Wildman–Crippen LogP) is 6.02. The van der Waals surface area contributed by atoms with E-state index >= 15 is 0 Å². The molecule has 4 rings (SSSR count). The Morgan fingerprint density at radius 2 is 1.90 bits per heavy atom. The van der Waals surface area contributed by atoms with Gasteiger partial charge >= 0.3 is 22.4 Å². The predicted molar refractivity (Wildman–Crippen MR) is 136 cm³/mol. The fourth-order valence-electron chi connectivity index (χ4n) is 8.03. The van der Waals surface area contributed by atoms with Crippen LogP contribution in [0.4, 0.5) is 27.6 Å². The van der Waals surface area contributed by atoms with Crippen LogP contribution in [0.3, 0.4) is 0 Å². The van der Waals surface area contributed by atoms with E-state index in [-0.39, 0.29) is 35.3 Å². The number of fused-ring (bicyclic) bond motifs is 5. The van der Waals surface area contributed by atoms with Crippen molar-refractivity contribution in [3.8, 4) is 0 Å². The van der Waals surface area contributed by atoms with Gasteiger partial charge in [0, 0.05) is 0 Å². The van der Waals surface area contributed by atoms with Gasteiger partial charge in [-0.2, -0.15) is 30.4 Å². The Hall–Kier alpha value is -1.76. The van der Waals surface area contributed by atoms with E-state index < -0.39 is 46.4 Å². The van der Waals surface area contributed by atoms with Crippen LogP contribution in [0.1, 0.15) is 75.3 Å². The molecule has 7 atom stereocenters. The Bertz CT molecular complexity index is 1190. The molecule has 0 aromatic heterocycles. The summed E-state index contributed by atoms with van der Waals surface area (Å²) >= 11 is 0. The highest BCUT2D eigenvalue weighted by Crippen LogP contribution is 2.69. The molecular weight excluding hydrogens is 545 g/mol. The van der Waals surface area contributed by atoms with Gasteiger partial charge in [-0.1, -0.05) is 31.9 Å². The number of allylic oxidation sites excluding steroid dienone is 1. The summed E-state index contributed by atoms with van der Waals surface area (Å²) in [5.41, 5.74) is 1.30. The first kappa shape index (κ1) is 30.2. The minimum atomic E-state index is -5.82. The van der Waals surface area contributed by atoms with Crippen LogP contribution < -0.4 is 4.72 Å². The Morgan fingerprint density at radius 1 is 1.21 bits per heavy atom. The van der Waals surface area contributed by atoms with Crippen molar-refractivity contribution < 1.29 is 45.1 Å². The summed E-state index contributed by atoms with van der Waals surface area (Å²) in [5, 5.41) is 20.6. The molecule has 0 heterocycles. The number of nitrogens with one attached hydrogen (secondary N) is 1. The van der Waals surface area contributed by atoms with Gasteiger partial charge in [0.05, 0.1) is 11.8 Å². The third kappa shape index (κ3) is 5.34. The molecule has 2 fully saturated rings. The lowest BCUT2D eigenvalue weighted by atomic mass is 9.44. The zero-order valence-electron chi connectivity index (χ0n) is 21.7. The van der Waals surface area contributed by atoms with Gasteiger partial charge in [0.25, 0.3) is 0 Å². The molecule has 0 aliphatic heterocycles. The lowest BCUT2D eigenvalue weighted by molar-refractivity contribution is -0.313. The smallest absolute Gasteiger partial charge is 0.393 e. The first-order valence-corrected chi connectivity index (χ1v) is 14.7. The van der Waals surface area contributed by atoms with Crippen molar-refractivity contribution in [2.75, 3.05) is 4.72 Å². The standard InChI is InChI=1S/C27H36F5NO5S/c1-3-25-13-12-16-14-18(33-39(36,37)38)8-9-19(16)23(25)17(15-24(2)20(25)10-11-21(24)34)6-4-5-7-22(35)26(28,29)27(30,31)32/h3,8-9,14,17,20-23,33-35H,1,4-7,10-13,15H2,2H3,(H,36,37,38)/t17-,20+,21-,22?,23+,24-,25-/m0/s1. The van der Waals surface area contributed by atoms with E-state index in [1.807, 2.05) is 12.1 Å². The molecule has 2 saturated carbocycles. The first-order valence-electron chi connectivity index (χ1n) is 13.3. The van der Waals surface area contributed by atoms with E-state index in [1.54, 1.807) is 12.1 Å². The summed E-state index contributed by atoms with van der Waals surface area (Å²) in [5.74, 6) is -5.18. The van der Waals surface area contributed by atoms with Gasteiger partial charge in [-0.05, 0) is 96.8 Å². The van der Waals surface area contributed by atoms with Crippen molar-refractivity contribution in [1.29, 1.82) is 0 Å². The molecule has 4 N–H and O–H groups in total. The highest BCUT2D eigenvalue weighted by atomic mass is 32.2. The van der Waals surface area contributed by atoms with E-state index in [2.05, 4.69) is 18.2 Å². The summed E-state index contributed by atoms with van der Waals surface area (Å²) in [6, 6.07) is 5.06. The van der Waals surface area contributed by atoms with Crippen molar-refractivity contribution in [2.24, 2.45) is 22.7 Å². The Kier molecular flexibility index (Phi) is 7.94. The first-order chi connectivity index (χ1) is 18.0. The maximum Gasteiger partial charge on any atom is 0.456 e. The van der Waals surface area contributed by atoms with Crippen LogP contribution in [0.2, 0.25) is 0 Å². The lowest BCUT2D eigenvalue weighted by Gasteiger charge is -2.60. The zero-order valence-corrected chi connectivity index (χ0v) is 22.5. The zero-order chi connectivity index (χ0) is 29.0. The molecule has 0 saturated heterocycles. The van der Waals surface area contributed by atoms with Crippen molar-refractivity contribution in [2.45, 2.75) is 94.9 Å². The molecule has 6 nitrogen and oxygen atoms in total. The van der Waals surface area contributed by atoms with Gasteiger partial charge in [0.1, 0.15) is 6.10 Å². The maximum atomic E-state index is 13.5. The molecular formula is C27H36F5NO5S. The van der Waals surface area contributed by atoms with E-state index in [0.29, 0.717) is 38.5 Å². The minimum Gasteiger partial charge on any atom is -0.393 e. The largest absolute Gasteiger partial charge is 0.456 e. The van der Waals surface area contributed by atoms with E-state index in [4.69, 9.17) is 0 Å². The molecule has 12 heteroatoms. The highest BCUT2D eigenvalue weighted by Gasteiger charge is 2.64. The summed E-state index contributed by atoms with van der Waals surface area (Å²) in [7, 11) is -4.46. The molecule has 0 amide bonds. The van der Waals surface area contributed by atoms with Crippen molar-refractivity contribution in [1.82, 2.24) is 0 Å². The normalized spacial score (nSPS) is 33.6. The molecule has 1 aromatic rings. The van der Waals surface area contributed by atoms with Crippen LogP contribution in [-0.2, 0) is 16.7 Å². The average molecular weight is 582 g/mol. The number of halogens is 5. The molecule has 1 unspecified atom stereocenters. The van der Waals surface area contributed by atoms with Gasteiger partial charge in [-0.25, -0.2) is 0 Å². The average Bonchev–Trinajstić information content (AvgIpc) is 3.13. The number of alkyl halides is 5. The maximum absolute atomic E-state index is 13.5. The van der Waals surface area contributed by atoms with E-state index in [0.717, 1.165) is 17.5 Å². The number of hydrogen-bond donors (Lipinski definition) is 4. The van der Waals surface area contributed by atoms with E-state index in [9.17, 15) is 45.1 Å². The number of anilines is 1. The molecule has 0 radical (unpaired) electrons. The number of hydrogen-bond acceptors (Lipinski definition) is 4. The Labute approximate surface area is 225 Å². The molecule has 0 spiro atoms. The number of benzene rings is 1. The van der Waals surface area contributed by atoms with Crippen LogP contribution in [0.25, 0.3) is 0 Å². The fraction of sp³-hybridized carbons (Fsp3) is 0.704. The monoisotopic (exact) mass is 581 g/mol. The van der Waals surface area contributed by atoms with Gasteiger partial charge in [-0.3, -0.25) is 9.27 Å². The van der Waals surface area contributed by atoms with Crippen LogP contribution >= 0.6 is 0 Å². The van der Waals surface area contributed by atoms with Crippen LogP contribution in [-0.4, -0.2) is 47.5 Å². The van der Waals surface area contributed by atoms with Crippen molar-refractivity contribution in [3.05, 3.63) is 42.0 Å². The topological polar surface area (TPSA) is 107 Å². The minimum absolute atomic E-state index is 0.0239. The van der Waals surface area contributed by atoms with Crippen molar-refractivity contribution in [3.63, 3.8) is 0 Å². The Balaban J connectivity index is 1.62. The van der Waals surface area contributed by atoms with E-state index in [1.165, 1.54) is 0 Å². The van der Waals surface area contributed by atoms with Gasteiger partial charge in [0.15, 0.2) is 0 Å². The third-order valence-electron chi connectivity index (χ3n) is 9.72. The number of aliphatic hydroxyl groups is 2. The molecule has 3 aliphatic carbocycles. The van der Waals surface area contributed by atoms with Crippen LogP contribution in [0, 0.1) is 22.7 Å². The van der Waals surface area contributed by atoms with Gasteiger partial charge < -0.3 is 10.2 Å². The molecule has 39 heavy (non-hydrogen) atoms. The SMILES string of the molecule is C=C[C@@]12CCc3cc(NS(=O)(=O)O)ccc3[C@H]1[C@@H](CCCCC(O)C(F)(F)C(F)(F)F)C[C@@]1(C)[C@H]2CC[C@@H]1O. The highest BCUT2D eigenvalue weighted by molar-refractivity contribution is 7.87. The van der Waals surface area contributed by atoms with Gasteiger partial charge in [-0.15, -0.1) is 6.58 Å². The molecule has 3 aliphatic rings. The second kappa shape index (κ2) is 10.3. The number of aryl methyl sites for hydroxylation is 1. The summed E-state index contributed by atoms with van der Waals surface area (Å²) < 4.78 is 98.8. The number of aliphatic hydroxyl groups excluding tert-OH is 2. The van der Waals surface area contributed by atoms with Gasteiger partial charge in [0.2, 0.25) is 0 Å². The second-order valence-electron chi connectivity index (χ2n) is 11.8. The summed E-state index contributed by atoms with van der Waals surface area (Å²) in [6.07, 6.45) is -3.73. The van der Waals surface area contributed by atoms with Crippen molar-refractivity contribution >= 4 is 16.0 Å².